The summed E-state index contributed by atoms with van der Waals surface area (Å²) in [5.74, 6) is 0.0760. The van der Waals surface area contributed by atoms with Gasteiger partial charge in [0.05, 0.1) is 13.2 Å². The van der Waals surface area contributed by atoms with Gasteiger partial charge in [0.25, 0.3) is 5.91 Å². The van der Waals surface area contributed by atoms with Crippen molar-refractivity contribution in [1.29, 1.82) is 0 Å². The van der Waals surface area contributed by atoms with E-state index in [1.165, 1.54) is 6.42 Å². The minimum absolute atomic E-state index is 0.0760. The molecule has 0 N–H and O–H groups in total. The number of aromatic nitrogens is 2. The molecule has 0 saturated carbocycles. The molecule has 6 heteroatoms. The summed E-state index contributed by atoms with van der Waals surface area (Å²) in [4.78, 5) is 17.2. The van der Waals surface area contributed by atoms with E-state index in [-0.39, 0.29) is 11.9 Å². The van der Waals surface area contributed by atoms with Crippen LogP contribution in [0.5, 0.6) is 0 Å². The molecule has 1 aromatic heterocycles. The fourth-order valence-electron chi connectivity index (χ4n) is 3.49. The molecule has 0 unspecified atom stereocenters. The minimum Gasteiger partial charge on any atom is -0.379 e. The number of ether oxygens (including phenoxy) is 1. The molecule has 0 aromatic carbocycles. The summed E-state index contributed by atoms with van der Waals surface area (Å²) in [5, 5.41) is 4.42. The van der Waals surface area contributed by atoms with Gasteiger partial charge in [-0.15, -0.1) is 0 Å². The van der Waals surface area contributed by atoms with E-state index in [4.69, 9.17) is 4.74 Å². The quantitative estimate of drug-likeness (QED) is 0.852. The Morgan fingerprint density at radius 3 is 2.70 bits per heavy atom. The van der Waals surface area contributed by atoms with Crippen molar-refractivity contribution in [3.63, 3.8) is 0 Å². The Hall–Kier alpha value is -1.40. The lowest BCUT2D eigenvalue weighted by molar-refractivity contribution is 0.0135. The molecule has 0 bridgehead atoms. The standard InChI is InChI=1S/C17H28N4O2/c1-14(2)21-9-6-16(18-21)17(22)20-7-3-4-15(5-8-20)19-10-12-23-13-11-19/h6,9,14-15H,3-5,7-8,10-13H2,1-2H3/t15-/m1/s1. The third-order valence-electron chi connectivity index (χ3n) is 4.90. The van der Waals surface area contributed by atoms with Crippen molar-refractivity contribution in [2.45, 2.75) is 45.2 Å². The molecule has 0 spiro atoms. The summed E-state index contributed by atoms with van der Waals surface area (Å²) in [7, 11) is 0. The third kappa shape index (κ3) is 3.93. The average molecular weight is 320 g/mol. The largest absolute Gasteiger partial charge is 0.379 e. The van der Waals surface area contributed by atoms with Crippen molar-refractivity contribution in [2.24, 2.45) is 0 Å². The lowest BCUT2D eigenvalue weighted by Crippen LogP contribution is -2.44. The van der Waals surface area contributed by atoms with Crippen molar-refractivity contribution in [2.75, 3.05) is 39.4 Å². The van der Waals surface area contributed by atoms with Gasteiger partial charge in [-0.1, -0.05) is 0 Å². The van der Waals surface area contributed by atoms with Crippen LogP contribution in [0, 0.1) is 0 Å². The molecule has 3 rings (SSSR count). The van der Waals surface area contributed by atoms with Crippen molar-refractivity contribution < 1.29 is 9.53 Å². The molecule has 2 saturated heterocycles. The molecule has 3 heterocycles. The van der Waals surface area contributed by atoms with Crippen molar-refractivity contribution in [3.8, 4) is 0 Å². The summed E-state index contributed by atoms with van der Waals surface area (Å²) < 4.78 is 7.29. The number of rotatable bonds is 3. The fourth-order valence-corrected chi connectivity index (χ4v) is 3.49. The van der Waals surface area contributed by atoms with Gasteiger partial charge in [-0.3, -0.25) is 14.4 Å². The fraction of sp³-hybridized carbons (Fsp3) is 0.765. The molecule has 2 aliphatic heterocycles. The number of amides is 1. The van der Waals surface area contributed by atoms with Gasteiger partial charge in [0.2, 0.25) is 0 Å². The van der Waals surface area contributed by atoms with Gasteiger partial charge >= 0.3 is 0 Å². The summed E-state index contributed by atoms with van der Waals surface area (Å²) in [6.45, 7) is 9.54. The van der Waals surface area contributed by atoms with Crippen molar-refractivity contribution in [3.05, 3.63) is 18.0 Å². The maximum atomic E-state index is 12.7. The predicted molar refractivity (Wildman–Crippen MR) is 88.5 cm³/mol. The molecule has 2 aliphatic rings. The van der Waals surface area contributed by atoms with Gasteiger partial charge in [-0.25, -0.2) is 0 Å². The second kappa shape index (κ2) is 7.45. The first-order valence-electron chi connectivity index (χ1n) is 8.81. The Morgan fingerprint density at radius 1 is 1.22 bits per heavy atom. The first-order chi connectivity index (χ1) is 11.1. The van der Waals surface area contributed by atoms with Crippen LogP contribution >= 0.6 is 0 Å². The minimum atomic E-state index is 0.0760. The second-order valence-corrected chi connectivity index (χ2v) is 6.80. The molecular formula is C17H28N4O2. The number of hydrogen-bond acceptors (Lipinski definition) is 4. The number of likely N-dealkylation sites (tertiary alicyclic amines) is 1. The van der Waals surface area contributed by atoms with Gasteiger partial charge in [-0.2, -0.15) is 5.10 Å². The summed E-state index contributed by atoms with van der Waals surface area (Å²) >= 11 is 0. The molecule has 0 radical (unpaired) electrons. The van der Waals surface area contributed by atoms with E-state index in [1.54, 1.807) is 0 Å². The van der Waals surface area contributed by atoms with Crippen LogP contribution in [0.3, 0.4) is 0 Å². The summed E-state index contributed by atoms with van der Waals surface area (Å²) in [6, 6.07) is 2.71. The van der Waals surface area contributed by atoms with E-state index in [2.05, 4.69) is 23.8 Å². The lowest BCUT2D eigenvalue weighted by atomic mass is 10.1. The van der Waals surface area contributed by atoms with E-state index < -0.39 is 0 Å². The molecule has 1 atom stereocenters. The van der Waals surface area contributed by atoms with Crippen LogP contribution in [-0.2, 0) is 4.74 Å². The first kappa shape index (κ1) is 16.5. The van der Waals surface area contributed by atoms with E-state index in [1.807, 2.05) is 21.8 Å². The number of nitrogens with zero attached hydrogens (tertiary/aromatic N) is 4. The van der Waals surface area contributed by atoms with Crippen LogP contribution in [-0.4, -0.2) is 70.9 Å². The monoisotopic (exact) mass is 320 g/mol. The van der Waals surface area contributed by atoms with E-state index in [9.17, 15) is 4.79 Å². The zero-order chi connectivity index (χ0) is 16.2. The SMILES string of the molecule is CC(C)n1ccc(C(=O)N2CCC[C@@H](N3CCOCC3)CC2)n1. The van der Waals surface area contributed by atoms with Crippen molar-refractivity contribution >= 4 is 5.91 Å². The van der Waals surface area contributed by atoms with Crippen LogP contribution in [0.15, 0.2) is 12.3 Å². The lowest BCUT2D eigenvalue weighted by Gasteiger charge is -2.33. The van der Waals surface area contributed by atoms with E-state index in [0.717, 1.165) is 52.2 Å². The molecule has 1 amide bonds. The molecule has 0 aliphatic carbocycles. The van der Waals surface area contributed by atoms with Crippen LogP contribution in [0.2, 0.25) is 0 Å². The maximum Gasteiger partial charge on any atom is 0.274 e. The maximum absolute atomic E-state index is 12.7. The Morgan fingerprint density at radius 2 is 2.00 bits per heavy atom. The highest BCUT2D eigenvalue weighted by Gasteiger charge is 2.27. The van der Waals surface area contributed by atoms with Gasteiger partial charge < -0.3 is 9.64 Å². The number of morpholine rings is 1. The van der Waals surface area contributed by atoms with Crippen molar-refractivity contribution in [1.82, 2.24) is 19.6 Å². The smallest absolute Gasteiger partial charge is 0.274 e. The molecule has 23 heavy (non-hydrogen) atoms. The Balaban J connectivity index is 1.59. The third-order valence-corrected chi connectivity index (χ3v) is 4.90. The first-order valence-corrected chi connectivity index (χ1v) is 8.81. The normalized spacial score (nSPS) is 24.0. The zero-order valence-corrected chi connectivity index (χ0v) is 14.3. The molecule has 128 valence electrons. The number of carbonyl (C=O) groups is 1. The molecular weight excluding hydrogens is 292 g/mol. The number of hydrogen-bond donors (Lipinski definition) is 0. The molecule has 1 aromatic rings. The van der Waals surface area contributed by atoms with Crippen LogP contribution < -0.4 is 0 Å². The summed E-state index contributed by atoms with van der Waals surface area (Å²) in [5.41, 5.74) is 0.573. The Bertz CT molecular complexity index is 522. The highest BCUT2D eigenvalue weighted by Crippen LogP contribution is 2.19. The van der Waals surface area contributed by atoms with Crippen LogP contribution in [0.1, 0.15) is 49.6 Å². The van der Waals surface area contributed by atoms with Crippen LogP contribution in [0.25, 0.3) is 0 Å². The second-order valence-electron chi connectivity index (χ2n) is 6.80. The van der Waals surface area contributed by atoms with Gasteiger partial charge in [-0.05, 0) is 39.2 Å². The number of carbonyl (C=O) groups excluding carboxylic acids is 1. The van der Waals surface area contributed by atoms with E-state index >= 15 is 0 Å². The topological polar surface area (TPSA) is 50.6 Å². The summed E-state index contributed by atoms with van der Waals surface area (Å²) in [6.07, 6.45) is 5.19. The van der Waals surface area contributed by atoms with E-state index in [0.29, 0.717) is 11.7 Å². The Labute approximate surface area is 138 Å². The van der Waals surface area contributed by atoms with Gasteiger partial charge in [0, 0.05) is 44.5 Å². The predicted octanol–water partition coefficient (Wildman–Crippen LogP) is 1.79. The molecule has 6 nitrogen and oxygen atoms in total. The van der Waals surface area contributed by atoms with Gasteiger partial charge in [0.15, 0.2) is 0 Å². The van der Waals surface area contributed by atoms with Gasteiger partial charge in [0.1, 0.15) is 5.69 Å². The Kier molecular flexibility index (Phi) is 5.33. The highest BCUT2D eigenvalue weighted by atomic mass is 16.5. The van der Waals surface area contributed by atoms with Crippen LogP contribution in [0.4, 0.5) is 0 Å². The molecule has 2 fully saturated rings. The zero-order valence-electron chi connectivity index (χ0n) is 14.3. The average Bonchev–Trinajstić information content (AvgIpc) is 2.94. The highest BCUT2D eigenvalue weighted by molar-refractivity contribution is 5.92.